The lowest BCUT2D eigenvalue weighted by molar-refractivity contribution is -0.135. The number of ether oxygens (including phenoxy) is 2. The van der Waals surface area contributed by atoms with Gasteiger partial charge in [-0.05, 0) is 35.4 Å². The molecule has 1 aliphatic rings. The van der Waals surface area contributed by atoms with Crippen molar-refractivity contribution in [3.63, 3.8) is 0 Å². The van der Waals surface area contributed by atoms with Gasteiger partial charge in [0.2, 0.25) is 12.7 Å². The van der Waals surface area contributed by atoms with Gasteiger partial charge in [-0.1, -0.05) is 18.2 Å². The molecule has 8 heteroatoms. The van der Waals surface area contributed by atoms with E-state index in [4.69, 9.17) is 14.6 Å². The van der Waals surface area contributed by atoms with Crippen molar-refractivity contribution in [2.24, 2.45) is 0 Å². The maximum absolute atomic E-state index is 12.7. The maximum atomic E-state index is 12.7. The van der Waals surface area contributed by atoms with Crippen LogP contribution in [-0.2, 0) is 9.59 Å². The molecule has 0 spiro atoms. The second-order valence-corrected chi connectivity index (χ2v) is 6.20. The van der Waals surface area contributed by atoms with Crippen LogP contribution in [0.3, 0.4) is 0 Å². The zero-order valence-electron chi connectivity index (χ0n) is 15.5. The number of likely N-dealkylation sites (N-methyl/N-ethyl adjacent to an activating group) is 2. The van der Waals surface area contributed by atoms with Crippen molar-refractivity contribution < 1.29 is 29.0 Å². The second kappa shape index (κ2) is 8.10. The summed E-state index contributed by atoms with van der Waals surface area (Å²) < 4.78 is 10.7. The van der Waals surface area contributed by atoms with Crippen LogP contribution < -0.4 is 14.8 Å². The first-order chi connectivity index (χ1) is 13.5. The summed E-state index contributed by atoms with van der Waals surface area (Å²) in [5.41, 5.74) is 2.08. The Morgan fingerprint density at radius 2 is 1.71 bits per heavy atom. The summed E-state index contributed by atoms with van der Waals surface area (Å²) in [4.78, 5) is 37.6. The summed E-state index contributed by atoms with van der Waals surface area (Å²) in [5, 5.41) is 11.4. The lowest BCUT2D eigenvalue weighted by atomic mass is 10.0. The van der Waals surface area contributed by atoms with Gasteiger partial charge in [0, 0.05) is 19.7 Å². The van der Waals surface area contributed by atoms with Gasteiger partial charge in [-0.15, -0.1) is 0 Å². The number of benzene rings is 2. The fourth-order valence-corrected chi connectivity index (χ4v) is 2.96. The van der Waals surface area contributed by atoms with Crippen molar-refractivity contribution in [3.8, 4) is 22.6 Å². The Labute approximate surface area is 161 Å². The molecule has 28 heavy (non-hydrogen) atoms. The molecule has 0 bridgehead atoms. The lowest BCUT2D eigenvalue weighted by Gasteiger charge is -2.25. The number of carbonyl (C=O) groups is 3. The van der Waals surface area contributed by atoms with E-state index in [1.807, 2.05) is 18.2 Å². The Hall–Kier alpha value is -3.39. The normalized spacial score (nSPS) is 13.0. The van der Waals surface area contributed by atoms with E-state index in [-0.39, 0.29) is 6.79 Å². The van der Waals surface area contributed by atoms with E-state index in [9.17, 15) is 14.4 Å². The molecule has 1 heterocycles. The Balaban J connectivity index is 1.81. The van der Waals surface area contributed by atoms with Gasteiger partial charge in [0.05, 0.1) is 0 Å². The number of aliphatic hydroxyl groups is 1. The molecule has 2 aromatic carbocycles. The van der Waals surface area contributed by atoms with E-state index in [2.05, 4.69) is 5.32 Å². The molecule has 3 rings (SSSR count). The van der Waals surface area contributed by atoms with Crippen molar-refractivity contribution in [2.75, 3.05) is 27.5 Å². The molecule has 1 atom stereocenters. The van der Waals surface area contributed by atoms with Crippen LogP contribution in [0.2, 0.25) is 0 Å². The van der Waals surface area contributed by atoms with Crippen LogP contribution >= 0.6 is 0 Å². The second-order valence-electron chi connectivity index (χ2n) is 6.20. The van der Waals surface area contributed by atoms with Crippen LogP contribution in [0.15, 0.2) is 42.5 Å². The molecule has 2 aromatic rings. The SMILES string of the molecule is CNC(=O)C(C(=O)CO)N(C)C(=O)c1ccc(-c2ccc3c(c2)OCO3)cc1. The highest BCUT2D eigenvalue weighted by Crippen LogP contribution is 2.35. The molecule has 8 nitrogen and oxygen atoms in total. The van der Waals surface area contributed by atoms with Gasteiger partial charge in [0.15, 0.2) is 23.3 Å². The number of hydrogen-bond donors (Lipinski definition) is 2. The van der Waals surface area contributed by atoms with E-state index in [0.29, 0.717) is 17.1 Å². The Bertz CT molecular complexity index is 893. The van der Waals surface area contributed by atoms with Gasteiger partial charge >= 0.3 is 0 Å². The molecule has 0 radical (unpaired) electrons. The smallest absolute Gasteiger partial charge is 0.254 e. The molecular formula is C20H20N2O6. The summed E-state index contributed by atoms with van der Waals surface area (Å²) in [6, 6.07) is 10.9. The zero-order chi connectivity index (χ0) is 20.3. The molecule has 0 aliphatic carbocycles. The van der Waals surface area contributed by atoms with Crippen molar-refractivity contribution in [1.29, 1.82) is 0 Å². The number of Topliss-reactive ketones (excluding diaryl/α,β-unsaturated/α-hetero) is 1. The molecule has 0 aromatic heterocycles. The minimum atomic E-state index is -1.39. The number of nitrogens with zero attached hydrogens (tertiary/aromatic N) is 1. The van der Waals surface area contributed by atoms with Crippen LogP contribution in [0.1, 0.15) is 10.4 Å². The Kier molecular flexibility index (Phi) is 5.60. The topological polar surface area (TPSA) is 105 Å². The van der Waals surface area contributed by atoms with Gasteiger partial charge in [-0.3, -0.25) is 14.4 Å². The van der Waals surface area contributed by atoms with Crippen molar-refractivity contribution in [2.45, 2.75) is 6.04 Å². The highest BCUT2D eigenvalue weighted by molar-refractivity contribution is 6.10. The summed E-state index contributed by atoms with van der Waals surface area (Å²) in [6.07, 6.45) is 0. The average molecular weight is 384 g/mol. The third-order valence-electron chi connectivity index (χ3n) is 4.50. The van der Waals surface area contributed by atoms with Crippen LogP contribution in [0, 0.1) is 0 Å². The fraction of sp³-hybridized carbons (Fsp3) is 0.250. The summed E-state index contributed by atoms with van der Waals surface area (Å²) in [7, 11) is 2.71. The number of hydrogen-bond acceptors (Lipinski definition) is 6. The van der Waals surface area contributed by atoms with E-state index >= 15 is 0 Å². The first-order valence-electron chi connectivity index (χ1n) is 8.58. The van der Waals surface area contributed by atoms with Crippen molar-refractivity contribution >= 4 is 17.6 Å². The van der Waals surface area contributed by atoms with E-state index in [1.165, 1.54) is 14.1 Å². The predicted molar refractivity (Wildman–Crippen MR) is 100 cm³/mol. The number of ketones is 1. The van der Waals surface area contributed by atoms with Gasteiger partial charge in [0.1, 0.15) is 6.61 Å². The molecule has 2 amide bonds. The molecule has 0 saturated heterocycles. The quantitative estimate of drug-likeness (QED) is 0.715. The minimum absolute atomic E-state index is 0.192. The Morgan fingerprint density at radius 1 is 1.07 bits per heavy atom. The lowest BCUT2D eigenvalue weighted by Crippen LogP contribution is -2.52. The molecule has 0 saturated carbocycles. The summed E-state index contributed by atoms with van der Waals surface area (Å²) >= 11 is 0. The van der Waals surface area contributed by atoms with Gasteiger partial charge < -0.3 is 24.8 Å². The average Bonchev–Trinajstić information content (AvgIpc) is 3.20. The molecule has 0 fully saturated rings. The monoisotopic (exact) mass is 384 g/mol. The highest BCUT2D eigenvalue weighted by atomic mass is 16.7. The molecule has 1 unspecified atom stereocenters. The molecule has 1 aliphatic heterocycles. The van der Waals surface area contributed by atoms with Crippen molar-refractivity contribution in [3.05, 3.63) is 48.0 Å². The zero-order valence-corrected chi connectivity index (χ0v) is 15.5. The number of aliphatic hydroxyl groups excluding tert-OH is 1. The van der Waals surface area contributed by atoms with Crippen molar-refractivity contribution in [1.82, 2.24) is 10.2 Å². The number of amides is 2. The first kappa shape index (κ1) is 19.4. The maximum Gasteiger partial charge on any atom is 0.254 e. The molecule has 146 valence electrons. The fourth-order valence-electron chi connectivity index (χ4n) is 2.96. The van der Waals surface area contributed by atoms with E-state index in [1.54, 1.807) is 24.3 Å². The number of rotatable bonds is 6. The van der Waals surface area contributed by atoms with Crippen LogP contribution in [0.4, 0.5) is 0 Å². The van der Waals surface area contributed by atoms with Crippen LogP contribution in [0.5, 0.6) is 11.5 Å². The van der Waals surface area contributed by atoms with E-state index < -0.39 is 30.2 Å². The Morgan fingerprint density at radius 3 is 2.36 bits per heavy atom. The van der Waals surface area contributed by atoms with Gasteiger partial charge in [0.25, 0.3) is 5.91 Å². The summed E-state index contributed by atoms with van der Waals surface area (Å²) in [6.45, 7) is -0.642. The largest absolute Gasteiger partial charge is 0.454 e. The molecular weight excluding hydrogens is 364 g/mol. The first-order valence-corrected chi connectivity index (χ1v) is 8.58. The standard InChI is InChI=1S/C20H20N2O6/c1-21-19(25)18(15(24)10-23)22(2)20(26)13-5-3-12(4-6-13)14-7-8-16-17(9-14)28-11-27-16/h3-9,18,23H,10-11H2,1-2H3,(H,21,25). The number of fused-ring (bicyclic) bond motifs is 1. The number of nitrogens with one attached hydrogen (secondary N) is 1. The van der Waals surface area contributed by atoms with Crippen LogP contribution in [-0.4, -0.2) is 61.1 Å². The van der Waals surface area contributed by atoms with Crippen LogP contribution in [0.25, 0.3) is 11.1 Å². The number of carbonyl (C=O) groups excluding carboxylic acids is 3. The van der Waals surface area contributed by atoms with E-state index in [0.717, 1.165) is 16.0 Å². The predicted octanol–water partition coefficient (Wildman–Crippen LogP) is 0.830. The molecule has 2 N–H and O–H groups in total. The minimum Gasteiger partial charge on any atom is -0.454 e. The van der Waals surface area contributed by atoms with Gasteiger partial charge in [-0.2, -0.15) is 0 Å². The third-order valence-corrected chi connectivity index (χ3v) is 4.50. The van der Waals surface area contributed by atoms with Gasteiger partial charge in [-0.25, -0.2) is 0 Å². The third kappa shape index (κ3) is 3.67. The summed E-state index contributed by atoms with van der Waals surface area (Å²) in [5.74, 6) is -0.578. The highest BCUT2D eigenvalue weighted by Gasteiger charge is 2.32.